The van der Waals surface area contributed by atoms with Crippen LogP contribution in [-0.2, 0) is 4.74 Å². The van der Waals surface area contributed by atoms with Gasteiger partial charge in [-0.05, 0) is 24.5 Å². The molecule has 1 fully saturated rings. The lowest BCUT2D eigenvalue weighted by Gasteiger charge is -2.25. The van der Waals surface area contributed by atoms with Crippen LogP contribution in [-0.4, -0.2) is 18.8 Å². The van der Waals surface area contributed by atoms with Crippen LogP contribution in [0.25, 0.3) is 0 Å². The third kappa shape index (κ3) is 2.08. The van der Waals surface area contributed by atoms with E-state index in [1.165, 1.54) is 0 Å². The van der Waals surface area contributed by atoms with Crippen molar-refractivity contribution in [1.29, 1.82) is 0 Å². The fourth-order valence-corrected chi connectivity index (χ4v) is 1.77. The number of rotatable bonds is 3. The molecule has 0 aromatic rings. The van der Waals surface area contributed by atoms with E-state index in [2.05, 4.69) is 13.2 Å². The van der Waals surface area contributed by atoms with E-state index in [-0.39, 0.29) is 0 Å². The second kappa shape index (κ2) is 4.30. The van der Waals surface area contributed by atoms with Crippen LogP contribution >= 0.6 is 11.6 Å². The largest absolute Gasteiger partial charge is 0.379 e. The molecule has 0 saturated carbocycles. The second-order valence-corrected chi connectivity index (χ2v) is 4.06. The van der Waals surface area contributed by atoms with Crippen molar-refractivity contribution in [2.24, 2.45) is 5.73 Å². The zero-order valence-electron chi connectivity index (χ0n) is 8.48. The Morgan fingerprint density at radius 1 is 1.64 bits per heavy atom. The van der Waals surface area contributed by atoms with Gasteiger partial charge >= 0.3 is 0 Å². The van der Waals surface area contributed by atoms with Crippen LogP contribution in [0.5, 0.6) is 0 Å². The summed E-state index contributed by atoms with van der Waals surface area (Å²) in [7, 11) is 0. The summed E-state index contributed by atoms with van der Waals surface area (Å²) in [6.07, 6.45) is 2.55. The van der Waals surface area contributed by atoms with Crippen molar-refractivity contribution < 1.29 is 4.74 Å². The molecule has 1 aliphatic rings. The van der Waals surface area contributed by atoms with Crippen molar-refractivity contribution >= 4 is 11.6 Å². The van der Waals surface area contributed by atoms with Gasteiger partial charge in [-0.3, -0.25) is 0 Å². The molecule has 1 aliphatic heterocycles. The first-order chi connectivity index (χ1) is 6.51. The van der Waals surface area contributed by atoms with Gasteiger partial charge in [0.05, 0.1) is 12.1 Å². The Hall–Kier alpha value is -0.570. The van der Waals surface area contributed by atoms with E-state index in [9.17, 15) is 0 Å². The van der Waals surface area contributed by atoms with Crippen LogP contribution in [0.1, 0.15) is 13.3 Å². The highest BCUT2D eigenvalue weighted by atomic mass is 35.5. The minimum absolute atomic E-state index is 0.441. The Kier molecular flexibility index (Phi) is 3.53. The summed E-state index contributed by atoms with van der Waals surface area (Å²) < 4.78 is 5.29. The molecule has 3 heteroatoms. The van der Waals surface area contributed by atoms with Crippen LogP contribution in [0.3, 0.4) is 0 Å². The molecule has 0 spiro atoms. The van der Waals surface area contributed by atoms with E-state index in [0.29, 0.717) is 18.2 Å². The first-order valence-electron chi connectivity index (χ1n) is 4.56. The summed E-state index contributed by atoms with van der Waals surface area (Å²) in [6.45, 7) is 10.6. The molecule has 1 heterocycles. The van der Waals surface area contributed by atoms with Crippen LogP contribution in [0, 0.1) is 0 Å². The fraction of sp³-hybridized carbons (Fsp3) is 0.455. The van der Waals surface area contributed by atoms with Gasteiger partial charge in [-0.2, -0.15) is 0 Å². The molecule has 0 radical (unpaired) electrons. The monoisotopic (exact) mass is 213 g/mol. The van der Waals surface area contributed by atoms with Crippen molar-refractivity contribution in [3.05, 3.63) is 35.4 Å². The summed E-state index contributed by atoms with van der Waals surface area (Å²) in [5.74, 6) is 0. The lowest BCUT2D eigenvalue weighted by molar-refractivity contribution is 0.185. The van der Waals surface area contributed by atoms with E-state index in [4.69, 9.17) is 22.1 Å². The number of halogens is 1. The van der Waals surface area contributed by atoms with Gasteiger partial charge in [0.1, 0.15) is 0 Å². The first kappa shape index (κ1) is 11.5. The van der Waals surface area contributed by atoms with Gasteiger partial charge in [0.25, 0.3) is 0 Å². The van der Waals surface area contributed by atoms with Crippen LogP contribution in [0.4, 0.5) is 0 Å². The zero-order chi connectivity index (χ0) is 10.8. The van der Waals surface area contributed by atoms with Gasteiger partial charge in [0.15, 0.2) is 0 Å². The SMILES string of the molecule is C=C/C(=C(/C)C(=C)Cl)C1(N)CCOC1. The number of hydrogen-bond donors (Lipinski definition) is 1. The van der Waals surface area contributed by atoms with Gasteiger partial charge in [-0.1, -0.05) is 30.8 Å². The summed E-state index contributed by atoms with van der Waals surface area (Å²) >= 11 is 5.85. The van der Waals surface area contributed by atoms with Gasteiger partial charge < -0.3 is 10.5 Å². The standard InChI is InChI=1S/C11H16ClNO/c1-4-10(8(2)9(3)12)11(13)5-6-14-7-11/h4H,1,3,5-7,13H2,2H3/b10-8+. The van der Waals surface area contributed by atoms with Gasteiger partial charge in [0, 0.05) is 11.6 Å². The van der Waals surface area contributed by atoms with E-state index in [1.807, 2.05) is 6.92 Å². The van der Waals surface area contributed by atoms with Crippen LogP contribution in [0.2, 0.25) is 0 Å². The van der Waals surface area contributed by atoms with Crippen LogP contribution in [0.15, 0.2) is 35.4 Å². The Labute approximate surface area is 90.1 Å². The molecule has 2 nitrogen and oxygen atoms in total. The molecular weight excluding hydrogens is 198 g/mol. The maximum atomic E-state index is 6.20. The Bertz CT molecular complexity index is 288. The van der Waals surface area contributed by atoms with E-state index < -0.39 is 5.54 Å². The Morgan fingerprint density at radius 3 is 2.64 bits per heavy atom. The predicted octanol–water partition coefficient (Wildman–Crippen LogP) is 2.36. The lowest BCUT2D eigenvalue weighted by Crippen LogP contribution is -2.42. The predicted molar refractivity (Wildman–Crippen MR) is 60.2 cm³/mol. The highest BCUT2D eigenvalue weighted by Crippen LogP contribution is 2.30. The van der Waals surface area contributed by atoms with E-state index in [1.54, 1.807) is 6.08 Å². The molecule has 0 bridgehead atoms. The maximum Gasteiger partial charge on any atom is 0.0689 e. The minimum Gasteiger partial charge on any atom is -0.379 e. The van der Waals surface area contributed by atoms with Crippen molar-refractivity contribution in [2.75, 3.05) is 13.2 Å². The first-order valence-corrected chi connectivity index (χ1v) is 4.94. The van der Waals surface area contributed by atoms with Crippen LogP contribution < -0.4 is 5.73 Å². The molecule has 0 aliphatic carbocycles. The molecule has 1 saturated heterocycles. The summed E-state index contributed by atoms with van der Waals surface area (Å²) in [6, 6.07) is 0. The summed E-state index contributed by atoms with van der Waals surface area (Å²) in [5.41, 5.74) is 7.60. The molecule has 1 atom stereocenters. The number of allylic oxidation sites excluding steroid dienone is 2. The Morgan fingerprint density at radius 2 is 2.29 bits per heavy atom. The minimum atomic E-state index is -0.441. The number of nitrogens with two attached hydrogens (primary N) is 1. The molecule has 2 N–H and O–H groups in total. The van der Waals surface area contributed by atoms with E-state index in [0.717, 1.165) is 17.6 Å². The third-order valence-electron chi connectivity index (χ3n) is 2.60. The highest BCUT2D eigenvalue weighted by Gasteiger charge is 2.34. The quantitative estimate of drug-likeness (QED) is 0.731. The molecule has 1 rings (SSSR count). The van der Waals surface area contributed by atoms with Crippen molar-refractivity contribution in [1.82, 2.24) is 0 Å². The summed E-state index contributed by atoms with van der Waals surface area (Å²) in [5, 5.41) is 0.511. The third-order valence-corrected chi connectivity index (χ3v) is 2.89. The molecule has 78 valence electrons. The van der Waals surface area contributed by atoms with Crippen molar-refractivity contribution in [3.63, 3.8) is 0 Å². The van der Waals surface area contributed by atoms with Gasteiger partial charge in [0.2, 0.25) is 0 Å². The van der Waals surface area contributed by atoms with E-state index >= 15 is 0 Å². The molecule has 0 aromatic heterocycles. The smallest absolute Gasteiger partial charge is 0.0689 e. The topological polar surface area (TPSA) is 35.2 Å². The normalized spacial score (nSPS) is 28.5. The summed E-state index contributed by atoms with van der Waals surface area (Å²) in [4.78, 5) is 0. The molecule has 1 unspecified atom stereocenters. The molecule has 14 heavy (non-hydrogen) atoms. The van der Waals surface area contributed by atoms with Gasteiger partial charge in [-0.15, -0.1) is 0 Å². The fourth-order valence-electron chi connectivity index (χ4n) is 1.67. The Balaban J connectivity index is 3.07. The number of ether oxygens (including phenoxy) is 1. The lowest BCUT2D eigenvalue weighted by atomic mass is 9.86. The molecular formula is C11H16ClNO. The average molecular weight is 214 g/mol. The molecule has 0 aromatic carbocycles. The average Bonchev–Trinajstić information content (AvgIpc) is 2.53. The van der Waals surface area contributed by atoms with Crippen molar-refractivity contribution in [2.45, 2.75) is 18.9 Å². The molecule has 0 amide bonds. The number of hydrogen-bond acceptors (Lipinski definition) is 2. The highest BCUT2D eigenvalue weighted by molar-refractivity contribution is 6.31. The van der Waals surface area contributed by atoms with Gasteiger partial charge in [-0.25, -0.2) is 0 Å². The zero-order valence-corrected chi connectivity index (χ0v) is 9.23. The maximum absolute atomic E-state index is 6.20. The second-order valence-electron chi connectivity index (χ2n) is 3.61. The van der Waals surface area contributed by atoms with Crippen molar-refractivity contribution in [3.8, 4) is 0 Å².